The average molecular weight is 350 g/mol. The number of esters is 1. The number of fused-ring (bicyclic) bond motifs is 1. The van der Waals surface area contributed by atoms with Crippen molar-refractivity contribution in [2.75, 3.05) is 5.73 Å². The Hall–Kier alpha value is -3.48. The second-order valence-electron chi connectivity index (χ2n) is 5.73. The van der Waals surface area contributed by atoms with E-state index in [2.05, 4.69) is 15.3 Å². The van der Waals surface area contributed by atoms with Crippen LogP contribution in [-0.2, 0) is 22.7 Å². The molecule has 0 saturated heterocycles. The van der Waals surface area contributed by atoms with E-state index in [1.807, 2.05) is 24.3 Å². The van der Waals surface area contributed by atoms with Gasteiger partial charge < -0.3 is 15.8 Å². The van der Waals surface area contributed by atoms with Gasteiger partial charge in [0.05, 0.1) is 11.1 Å². The molecule has 1 aromatic heterocycles. The van der Waals surface area contributed by atoms with Crippen molar-refractivity contribution in [2.24, 2.45) is 0 Å². The Labute approximate surface area is 150 Å². The fourth-order valence-corrected chi connectivity index (χ4v) is 2.41. The monoisotopic (exact) mass is 350 g/mol. The van der Waals surface area contributed by atoms with Gasteiger partial charge in [-0.25, -0.2) is 14.8 Å². The van der Waals surface area contributed by atoms with Crippen molar-refractivity contribution in [1.29, 1.82) is 0 Å². The predicted molar refractivity (Wildman–Crippen MR) is 97.0 cm³/mol. The quantitative estimate of drug-likeness (QED) is 0.683. The van der Waals surface area contributed by atoms with Crippen molar-refractivity contribution in [2.45, 2.75) is 20.1 Å². The first kappa shape index (κ1) is 17.3. The summed E-state index contributed by atoms with van der Waals surface area (Å²) in [4.78, 5) is 31.6. The smallest absolute Gasteiger partial charge is 0.338 e. The van der Waals surface area contributed by atoms with E-state index in [0.29, 0.717) is 29.3 Å². The van der Waals surface area contributed by atoms with Crippen molar-refractivity contribution in [3.8, 4) is 0 Å². The maximum atomic E-state index is 12.2. The van der Waals surface area contributed by atoms with Gasteiger partial charge in [-0.1, -0.05) is 24.3 Å². The summed E-state index contributed by atoms with van der Waals surface area (Å²) in [6.07, 6.45) is 0. The van der Waals surface area contributed by atoms with Crippen LogP contribution in [0.5, 0.6) is 0 Å². The standard InChI is InChI=1S/C19H18N4O3/c1-12(24)21-10-13-6-8-14(9-7-13)19(25)26-11-17-22-16-5-3-2-4-15(16)18(20)23-17/h2-9H,10-11H2,1H3,(H,21,24)(H2,20,22,23). The van der Waals surface area contributed by atoms with Crippen molar-refractivity contribution in [3.05, 3.63) is 65.5 Å². The molecule has 7 heteroatoms. The number of nitrogen functional groups attached to an aromatic ring is 1. The summed E-state index contributed by atoms with van der Waals surface area (Å²) >= 11 is 0. The van der Waals surface area contributed by atoms with Gasteiger partial charge in [0.25, 0.3) is 0 Å². The largest absolute Gasteiger partial charge is 0.454 e. The zero-order valence-corrected chi connectivity index (χ0v) is 14.2. The molecule has 0 aliphatic rings. The molecule has 0 aliphatic carbocycles. The van der Waals surface area contributed by atoms with Crippen LogP contribution in [0.2, 0.25) is 0 Å². The maximum absolute atomic E-state index is 12.2. The second kappa shape index (κ2) is 7.60. The van der Waals surface area contributed by atoms with Crippen LogP contribution in [0.15, 0.2) is 48.5 Å². The Morgan fingerprint density at radius 2 is 1.81 bits per heavy atom. The van der Waals surface area contributed by atoms with Crippen LogP contribution < -0.4 is 11.1 Å². The van der Waals surface area contributed by atoms with Crippen LogP contribution in [0.4, 0.5) is 5.82 Å². The Balaban J connectivity index is 1.64. The number of carbonyl (C=O) groups is 2. The van der Waals surface area contributed by atoms with Gasteiger partial charge in [-0.15, -0.1) is 0 Å². The fraction of sp³-hybridized carbons (Fsp3) is 0.158. The first-order valence-corrected chi connectivity index (χ1v) is 8.04. The molecule has 0 unspecified atom stereocenters. The summed E-state index contributed by atoms with van der Waals surface area (Å²) in [5.74, 6) is 0.107. The molecule has 3 rings (SSSR count). The van der Waals surface area contributed by atoms with E-state index in [1.54, 1.807) is 24.3 Å². The van der Waals surface area contributed by atoms with E-state index in [0.717, 1.165) is 10.9 Å². The molecular formula is C19H18N4O3. The van der Waals surface area contributed by atoms with E-state index >= 15 is 0 Å². The minimum absolute atomic E-state index is 0.0679. The van der Waals surface area contributed by atoms with Crippen LogP contribution in [0.1, 0.15) is 28.7 Å². The van der Waals surface area contributed by atoms with E-state index in [9.17, 15) is 9.59 Å². The molecule has 2 aromatic carbocycles. The number of anilines is 1. The number of para-hydroxylation sites is 1. The number of carbonyl (C=O) groups excluding carboxylic acids is 2. The van der Waals surface area contributed by atoms with Gasteiger partial charge in [-0.2, -0.15) is 0 Å². The Morgan fingerprint density at radius 3 is 2.54 bits per heavy atom. The molecule has 26 heavy (non-hydrogen) atoms. The third kappa shape index (κ3) is 4.13. The molecule has 0 bridgehead atoms. The molecule has 3 N–H and O–H groups in total. The first-order chi connectivity index (χ1) is 12.5. The number of nitrogens with one attached hydrogen (secondary N) is 1. The van der Waals surface area contributed by atoms with Crippen LogP contribution in [0.3, 0.4) is 0 Å². The summed E-state index contributed by atoms with van der Waals surface area (Å²) in [6.45, 7) is 1.80. The van der Waals surface area contributed by atoms with Gasteiger partial charge in [-0.3, -0.25) is 4.79 Å². The van der Waals surface area contributed by atoms with E-state index in [-0.39, 0.29) is 12.5 Å². The first-order valence-electron chi connectivity index (χ1n) is 8.04. The Bertz CT molecular complexity index is 955. The summed E-state index contributed by atoms with van der Waals surface area (Å²) in [7, 11) is 0. The lowest BCUT2D eigenvalue weighted by Crippen LogP contribution is -2.18. The van der Waals surface area contributed by atoms with Crippen molar-refractivity contribution < 1.29 is 14.3 Å². The van der Waals surface area contributed by atoms with E-state index in [1.165, 1.54) is 6.92 Å². The fourth-order valence-electron chi connectivity index (χ4n) is 2.41. The minimum atomic E-state index is -0.480. The molecule has 3 aromatic rings. The lowest BCUT2D eigenvalue weighted by Gasteiger charge is -2.07. The second-order valence-corrected chi connectivity index (χ2v) is 5.73. The predicted octanol–water partition coefficient (Wildman–Crippen LogP) is 2.21. The molecule has 0 radical (unpaired) electrons. The number of amides is 1. The SMILES string of the molecule is CC(=O)NCc1ccc(C(=O)OCc2nc(N)c3ccccc3n2)cc1. The van der Waals surface area contributed by atoms with Gasteiger partial charge in [0.2, 0.25) is 5.91 Å². The van der Waals surface area contributed by atoms with Crippen LogP contribution >= 0.6 is 0 Å². The van der Waals surface area contributed by atoms with Gasteiger partial charge in [0, 0.05) is 18.9 Å². The topological polar surface area (TPSA) is 107 Å². The number of aromatic nitrogens is 2. The van der Waals surface area contributed by atoms with Crippen LogP contribution in [0.25, 0.3) is 10.9 Å². The Kier molecular flexibility index (Phi) is 5.07. The molecular weight excluding hydrogens is 332 g/mol. The lowest BCUT2D eigenvalue weighted by atomic mass is 10.1. The number of hydrogen-bond acceptors (Lipinski definition) is 6. The number of hydrogen-bond donors (Lipinski definition) is 2. The molecule has 1 heterocycles. The molecule has 132 valence electrons. The number of nitrogens with two attached hydrogens (primary N) is 1. The summed E-state index contributed by atoms with van der Waals surface area (Å²) in [5, 5.41) is 3.45. The maximum Gasteiger partial charge on any atom is 0.338 e. The lowest BCUT2D eigenvalue weighted by molar-refractivity contribution is -0.119. The molecule has 0 aliphatic heterocycles. The van der Waals surface area contributed by atoms with Crippen molar-refractivity contribution >= 4 is 28.6 Å². The molecule has 0 saturated carbocycles. The number of ether oxygens (including phenoxy) is 1. The van der Waals surface area contributed by atoms with E-state index in [4.69, 9.17) is 10.5 Å². The highest BCUT2D eigenvalue weighted by Gasteiger charge is 2.10. The number of benzene rings is 2. The normalized spacial score (nSPS) is 10.5. The molecule has 1 amide bonds. The van der Waals surface area contributed by atoms with Crippen LogP contribution in [-0.4, -0.2) is 21.8 Å². The third-order valence-corrected chi connectivity index (χ3v) is 3.74. The van der Waals surface area contributed by atoms with Gasteiger partial charge >= 0.3 is 5.97 Å². The summed E-state index contributed by atoms with van der Waals surface area (Å²) in [6, 6.07) is 14.2. The summed E-state index contributed by atoms with van der Waals surface area (Å²) in [5.41, 5.74) is 7.92. The average Bonchev–Trinajstić information content (AvgIpc) is 2.65. The number of nitrogens with zero attached hydrogens (tertiary/aromatic N) is 2. The van der Waals surface area contributed by atoms with E-state index < -0.39 is 5.97 Å². The molecule has 0 spiro atoms. The van der Waals surface area contributed by atoms with Gasteiger partial charge in [0.15, 0.2) is 12.4 Å². The highest BCUT2D eigenvalue weighted by atomic mass is 16.5. The van der Waals surface area contributed by atoms with Crippen LogP contribution in [0, 0.1) is 0 Å². The summed E-state index contributed by atoms with van der Waals surface area (Å²) < 4.78 is 5.27. The zero-order chi connectivity index (χ0) is 18.5. The zero-order valence-electron chi connectivity index (χ0n) is 14.2. The minimum Gasteiger partial charge on any atom is -0.454 e. The van der Waals surface area contributed by atoms with Crippen molar-refractivity contribution in [3.63, 3.8) is 0 Å². The van der Waals surface area contributed by atoms with Gasteiger partial charge in [0.1, 0.15) is 5.82 Å². The molecule has 7 nitrogen and oxygen atoms in total. The molecule has 0 fully saturated rings. The van der Waals surface area contributed by atoms with Gasteiger partial charge in [-0.05, 0) is 29.8 Å². The third-order valence-electron chi connectivity index (χ3n) is 3.74. The highest BCUT2D eigenvalue weighted by Crippen LogP contribution is 2.17. The number of rotatable bonds is 5. The molecule has 0 atom stereocenters. The highest BCUT2D eigenvalue weighted by molar-refractivity contribution is 5.89. The van der Waals surface area contributed by atoms with Crippen molar-refractivity contribution in [1.82, 2.24) is 15.3 Å². The Morgan fingerprint density at radius 1 is 1.08 bits per heavy atom.